The Morgan fingerprint density at radius 3 is 1.39 bits per heavy atom. The third-order valence-corrected chi connectivity index (χ3v) is 1.40. The van der Waals surface area contributed by atoms with Gasteiger partial charge >= 0.3 is 32.7 Å². The van der Waals surface area contributed by atoms with Crippen LogP contribution < -0.4 is 0 Å². The number of unbranched alkanes of at least 4 members (excludes halogenated alkanes) is 7. The van der Waals surface area contributed by atoms with Crippen molar-refractivity contribution in [2.45, 2.75) is 38.5 Å². The summed E-state index contributed by atoms with van der Waals surface area (Å²) in [6.45, 7) is 7.54. The molecule has 0 bridgehead atoms. The van der Waals surface area contributed by atoms with Gasteiger partial charge in [-0.05, 0) is 0 Å². The van der Waals surface area contributed by atoms with Crippen molar-refractivity contribution >= 4 is 0 Å². The van der Waals surface area contributed by atoms with Gasteiger partial charge in [0.1, 0.15) is 0 Å². The van der Waals surface area contributed by atoms with Crippen LogP contribution in [0.1, 0.15) is 38.5 Å². The van der Waals surface area contributed by atoms with Crippen molar-refractivity contribution in [1.29, 1.82) is 0 Å². The first-order valence-electron chi connectivity index (χ1n) is 4.13. The Bertz CT molecular complexity index is 57.4. The summed E-state index contributed by atoms with van der Waals surface area (Å²) in [6, 6.07) is 0. The van der Waals surface area contributed by atoms with E-state index in [1.807, 2.05) is 0 Å². The number of hydrogen-bond donors (Lipinski definition) is 0. The quantitative estimate of drug-likeness (QED) is 0.273. The van der Waals surface area contributed by atoms with Crippen LogP contribution >= 0.6 is 0 Å². The first kappa shape index (κ1) is 56.2. The molecular weight excluding hydrogens is 754 g/mol. The fourth-order valence-electron chi connectivity index (χ4n) is 0.787. The van der Waals surface area contributed by atoms with E-state index in [1.54, 1.807) is 0 Å². The fourth-order valence-corrected chi connectivity index (χ4v) is 0.787. The van der Waals surface area contributed by atoms with E-state index in [-0.39, 0.29) is 236 Å². The predicted octanol–water partition coefficient (Wildman–Crippen LogP) is 3.84. The zero-order chi connectivity index (χ0) is 7.66. The standard InChI is InChI=1S/C10H18.CH3.7Y/c1-3-5-7-9-10-8-6-4-2;;;;;;;;/h7,10H,1-6,8-9H2;1H3;;;;;;;/q-4;-1;;;;;;;+3. The second-order valence-electron chi connectivity index (χ2n) is 2.45. The van der Waals surface area contributed by atoms with E-state index in [0.717, 1.165) is 25.7 Å². The Morgan fingerprint density at radius 1 is 0.667 bits per heavy atom. The van der Waals surface area contributed by atoms with Gasteiger partial charge in [0.15, 0.2) is 0 Å². The van der Waals surface area contributed by atoms with Crippen molar-refractivity contribution in [1.82, 2.24) is 0 Å². The summed E-state index contributed by atoms with van der Waals surface area (Å²) >= 11 is 0. The monoisotopic (exact) mass is 776 g/mol. The largest absolute Gasteiger partial charge is 3.00 e. The van der Waals surface area contributed by atoms with Crippen LogP contribution in [0.4, 0.5) is 0 Å². The molecule has 0 unspecified atom stereocenters. The molecule has 0 aromatic heterocycles. The topological polar surface area (TPSA) is 0 Å². The molecule has 0 nitrogen and oxygen atoms in total. The summed E-state index contributed by atoms with van der Waals surface area (Å²) in [5, 5.41) is 0. The van der Waals surface area contributed by atoms with Crippen molar-refractivity contribution < 1.29 is 229 Å². The molecule has 0 aliphatic carbocycles. The maximum atomic E-state index is 3.78. The molecule has 18 heavy (non-hydrogen) atoms. The van der Waals surface area contributed by atoms with Crippen LogP contribution in [-0.2, 0) is 229 Å². The zero-order valence-corrected chi connectivity index (χ0v) is 31.7. The summed E-state index contributed by atoms with van der Waals surface area (Å²) in [6.07, 6.45) is 11.5. The van der Waals surface area contributed by atoms with Gasteiger partial charge in [0, 0.05) is 196 Å². The van der Waals surface area contributed by atoms with Gasteiger partial charge < -0.3 is 40.5 Å². The Hall–Kier alpha value is 7.73. The van der Waals surface area contributed by atoms with Crippen LogP contribution in [0.15, 0.2) is 0 Å². The Kier molecular flexibility index (Phi) is 176. The second kappa shape index (κ2) is 56.3. The van der Waals surface area contributed by atoms with E-state index in [2.05, 4.69) is 26.7 Å². The van der Waals surface area contributed by atoms with Crippen LogP contribution in [-0.4, -0.2) is 0 Å². The average molecular weight is 776 g/mol. The van der Waals surface area contributed by atoms with Crippen molar-refractivity contribution in [2.75, 3.05) is 0 Å². The minimum absolute atomic E-state index is 0. The zero-order valence-electron chi connectivity index (χ0n) is 11.9. The molecule has 0 fully saturated rings. The maximum Gasteiger partial charge on any atom is 3.00 e. The molecule has 0 spiro atoms. The third-order valence-electron chi connectivity index (χ3n) is 1.40. The summed E-state index contributed by atoms with van der Waals surface area (Å²) in [5.74, 6) is 0. The Morgan fingerprint density at radius 2 is 1.06 bits per heavy atom. The van der Waals surface area contributed by atoms with Crippen molar-refractivity contribution in [3.63, 3.8) is 0 Å². The molecule has 0 atom stereocenters. The minimum atomic E-state index is 0. The van der Waals surface area contributed by atoms with E-state index in [1.165, 1.54) is 12.8 Å². The van der Waals surface area contributed by atoms with E-state index < -0.39 is 0 Å². The maximum absolute atomic E-state index is 3.78. The summed E-state index contributed by atoms with van der Waals surface area (Å²) in [4.78, 5) is 0. The van der Waals surface area contributed by atoms with Gasteiger partial charge in [0.2, 0.25) is 0 Å². The average Bonchev–Trinajstić information content (AvgIpc) is 1.97. The molecule has 0 aromatic carbocycles. The van der Waals surface area contributed by atoms with Crippen molar-refractivity contribution in [2.24, 2.45) is 0 Å². The molecule has 0 amide bonds. The van der Waals surface area contributed by atoms with Gasteiger partial charge in [-0.25, -0.2) is 12.8 Å². The molecule has 0 heterocycles. The molecule has 0 rings (SSSR count). The van der Waals surface area contributed by atoms with Gasteiger partial charge in [-0.2, -0.15) is 12.8 Å². The van der Waals surface area contributed by atoms with Crippen LogP contribution in [0.2, 0.25) is 0 Å². The van der Waals surface area contributed by atoms with Crippen LogP contribution in [0, 0.1) is 34.1 Å². The van der Waals surface area contributed by atoms with Gasteiger partial charge in [0.25, 0.3) is 0 Å². The SMILES string of the molecule is [CH2-]CC[CH-]C[CH-]CCC[CH2-].[CH3-].[Y+3].[Y].[Y].[Y].[Y].[Y].[Y]. The van der Waals surface area contributed by atoms with Crippen LogP contribution in [0.25, 0.3) is 0 Å². The molecular formula is C11H21Y7-2. The number of rotatable bonds is 7. The molecule has 0 N–H and O–H groups in total. The number of hydrogen-bond acceptors (Lipinski definition) is 0. The molecule has 0 aliphatic rings. The van der Waals surface area contributed by atoms with Crippen LogP contribution in [0.5, 0.6) is 0 Å². The first-order chi connectivity index (χ1) is 4.91. The molecule has 0 saturated heterocycles. The Labute approximate surface area is 293 Å². The molecule has 7 heteroatoms. The molecule has 88 valence electrons. The van der Waals surface area contributed by atoms with Gasteiger partial charge in [-0.15, -0.1) is 6.42 Å². The van der Waals surface area contributed by atoms with Gasteiger partial charge in [-0.1, -0.05) is 0 Å². The van der Waals surface area contributed by atoms with E-state index in [0.29, 0.717) is 0 Å². The molecule has 6 radical (unpaired) electrons. The van der Waals surface area contributed by atoms with Crippen molar-refractivity contribution in [3.8, 4) is 0 Å². The fraction of sp³-hybridized carbons (Fsp3) is 0.545. The van der Waals surface area contributed by atoms with Gasteiger partial charge in [0.05, 0.1) is 0 Å². The summed E-state index contributed by atoms with van der Waals surface area (Å²) in [5.41, 5.74) is 0. The second-order valence-corrected chi connectivity index (χ2v) is 2.45. The van der Waals surface area contributed by atoms with E-state index in [9.17, 15) is 0 Å². The molecule has 0 aromatic rings. The minimum Gasteiger partial charge on any atom is -0.360 e. The van der Waals surface area contributed by atoms with Crippen molar-refractivity contribution in [3.05, 3.63) is 34.1 Å². The summed E-state index contributed by atoms with van der Waals surface area (Å²) < 4.78 is 0. The first-order valence-corrected chi connectivity index (χ1v) is 4.13. The normalized spacial score (nSPS) is 5.67. The van der Waals surface area contributed by atoms with Crippen LogP contribution in [0.3, 0.4) is 0 Å². The van der Waals surface area contributed by atoms with E-state index >= 15 is 0 Å². The third kappa shape index (κ3) is 56.5. The van der Waals surface area contributed by atoms with E-state index in [4.69, 9.17) is 0 Å². The summed E-state index contributed by atoms with van der Waals surface area (Å²) in [7, 11) is 0. The van der Waals surface area contributed by atoms with Gasteiger partial charge in [-0.3, -0.25) is 0 Å². The predicted molar refractivity (Wildman–Crippen MR) is 53.4 cm³/mol. The Balaban J connectivity index is -0.0000000145. The smallest absolute Gasteiger partial charge is 0.360 e. The molecule has 0 saturated carbocycles. The molecule has 0 aliphatic heterocycles.